The van der Waals surface area contributed by atoms with Crippen LogP contribution in [0.4, 0.5) is 5.69 Å². The Bertz CT molecular complexity index is 602. The average molecular weight is 412 g/mol. The molecular weight excluding hydrogens is 374 g/mol. The van der Waals surface area contributed by atoms with Gasteiger partial charge in [-0.3, -0.25) is 10.1 Å². The van der Waals surface area contributed by atoms with Crippen molar-refractivity contribution in [3.05, 3.63) is 39.4 Å². The van der Waals surface area contributed by atoms with Crippen LogP contribution in [0.5, 0.6) is 0 Å². The molecule has 7 heteroatoms. The van der Waals surface area contributed by atoms with Crippen molar-refractivity contribution in [3.8, 4) is 0 Å². The summed E-state index contributed by atoms with van der Waals surface area (Å²) in [6.45, 7) is 21.2. The zero-order valence-corrected chi connectivity index (χ0v) is 20.9. The largest absolute Gasteiger partial charge is 0.413 e. The van der Waals surface area contributed by atoms with Crippen LogP contribution in [0, 0.1) is 20.9 Å². The van der Waals surface area contributed by atoms with Crippen LogP contribution < -0.4 is 0 Å². The molecule has 27 heavy (non-hydrogen) atoms. The van der Waals surface area contributed by atoms with E-state index >= 15 is 0 Å². The molecule has 2 unspecified atom stereocenters. The van der Waals surface area contributed by atoms with E-state index in [2.05, 4.69) is 73.8 Å². The van der Waals surface area contributed by atoms with Crippen LogP contribution in [0.1, 0.15) is 64.9 Å². The van der Waals surface area contributed by atoms with Crippen molar-refractivity contribution >= 4 is 23.8 Å². The summed E-state index contributed by atoms with van der Waals surface area (Å²) in [5.41, 5.74) is 1.53. The topological polar surface area (TPSA) is 61.6 Å². The van der Waals surface area contributed by atoms with E-state index in [-0.39, 0.29) is 33.6 Å². The second-order valence-electron chi connectivity index (χ2n) is 9.98. The van der Waals surface area contributed by atoms with Gasteiger partial charge in [0, 0.05) is 12.1 Å². The van der Waals surface area contributed by atoms with Crippen molar-refractivity contribution < 1.29 is 13.8 Å². The van der Waals surface area contributed by atoms with Crippen LogP contribution in [0.15, 0.2) is 18.2 Å². The molecule has 1 aromatic rings. The van der Waals surface area contributed by atoms with Crippen molar-refractivity contribution in [2.45, 2.75) is 79.9 Å². The Labute approximate surface area is 168 Å². The number of non-ortho nitro benzene ring substituents is 1. The zero-order chi connectivity index (χ0) is 21.2. The van der Waals surface area contributed by atoms with Gasteiger partial charge in [-0.15, -0.1) is 0 Å². The molecule has 0 heterocycles. The van der Waals surface area contributed by atoms with Crippen molar-refractivity contribution in [3.63, 3.8) is 0 Å². The van der Waals surface area contributed by atoms with Crippen LogP contribution in [0.3, 0.4) is 0 Å². The summed E-state index contributed by atoms with van der Waals surface area (Å²) in [4.78, 5) is 11.3. The third-order valence-electron chi connectivity index (χ3n) is 4.17. The van der Waals surface area contributed by atoms with Gasteiger partial charge in [-0.05, 0) is 48.1 Å². The third-order valence-corrected chi connectivity index (χ3v) is 5.80. The Balaban J connectivity index is 3.61. The molecule has 0 saturated carbocycles. The van der Waals surface area contributed by atoms with Crippen molar-refractivity contribution in [2.24, 2.45) is 10.8 Å². The van der Waals surface area contributed by atoms with Crippen molar-refractivity contribution in [2.75, 3.05) is 0 Å². The van der Waals surface area contributed by atoms with Crippen LogP contribution in [-0.2, 0) is 8.85 Å². The summed E-state index contributed by atoms with van der Waals surface area (Å²) >= 11 is 0. The molecule has 154 valence electrons. The van der Waals surface area contributed by atoms with Gasteiger partial charge >= 0.3 is 0 Å². The maximum atomic E-state index is 11.6. The van der Waals surface area contributed by atoms with Gasteiger partial charge in [0.25, 0.3) is 5.69 Å². The highest BCUT2D eigenvalue weighted by Crippen LogP contribution is 2.42. The molecular formula is C20H37NO4Si2. The molecule has 2 atom stereocenters. The molecule has 0 aliphatic carbocycles. The molecule has 5 nitrogen and oxygen atoms in total. The lowest BCUT2D eigenvalue weighted by atomic mass is 9.81. The first-order chi connectivity index (χ1) is 12.1. The van der Waals surface area contributed by atoms with Crippen molar-refractivity contribution in [1.82, 2.24) is 0 Å². The highest BCUT2D eigenvalue weighted by atomic mass is 28.3. The molecule has 0 aliphatic heterocycles. The molecule has 0 aliphatic rings. The lowest BCUT2D eigenvalue weighted by molar-refractivity contribution is -0.385. The van der Waals surface area contributed by atoms with Gasteiger partial charge in [0.05, 0.1) is 17.1 Å². The fraction of sp³-hybridized carbons (Fsp3) is 0.700. The monoisotopic (exact) mass is 411 g/mol. The number of nitro groups is 1. The first kappa shape index (κ1) is 24.0. The summed E-state index contributed by atoms with van der Waals surface area (Å²) < 4.78 is 12.6. The second kappa shape index (κ2) is 8.98. The molecule has 0 fully saturated rings. The van der Waals surface area contributed by atoms with E-state index in [9.17, 15) is 10.1 Å². The minimum Gasteiger partial charge on any atom is -0.413 e. The molecule has 0 N–H and O–H groups in total. The zero-order valence-electron chi connectivity index (χ0n) is 18.6. The molecule has 0 aromatic heterocycles. The number of benzene rings is 1. The van der Waals surface area contributed by atoms with E-state index in [4.69, 9.17) is 8.85 Å². The Kier molecular flexibility index (Phi) is 7.99. The van der Waals surface area contributed by atoms with E-state index < -0.39 is 18.1 Å². The number of hydrogen-bond donors (Lipinski definition) is 0. The minimum absolute atomic E-state index is 0.106. The molecule has 0 saturated heterocycles. The normalized spacial score (nSPS) is 15.3. The lowest BCUT2D eigenvalue weighted by Crippen LogP contribution is -2.28. The molecule has 0 spiro atoms. The first-order valence-corrected chi connectivity index (χ1v) is 15.3. The SMILES string of the molecule is C[SiH](C)OC(c1cc(C(O[SiH](C)C)C(C)(C)C)cc([N+](=O)[O-])c1)C(C)(C)C. The summed E-state index contributed by atoms with van der Waals surface area (Å²) in [5, 5.41) is 11.6. The Morgan fingerprint density at radius 2 is 1.15 bits per heavy atom. The van der Waals surface area contributed by atoms with Gasteiger partial charge in [-0.25, -0.2) is 0 Å². The fourth-order valence-electron chi connectivity index (χ4n) is 3.18. The predicted molar refractivity (Wildman–Crippen MR) is 117 cm³/mol. The van der Waals surface area contributed by atoms with Gasteiger partial charge in [0.1, 0.15) is 0 Å². The Morgan fingerprint density at radius 1 is 0.815 bits per heavy atom. The minimum atomic E-state index is -1.33. The highest BCUT2D eigenvalue weighted by molar-refractivity contribution is 6.48. The van der Waals surface area contributed by atoms with Gasteiger partial charge in [-0.1, -0.05) is 47.6 Å². The van der Waals surface area contributed by atoms with Crippen LogP contribution in [0.2, 0.25) is 26.2 Å². The number of hydrogen-bond acceptors (Lipinski definition) is 4. The van der Waals surface area contributed by atoms with Crippen LogP contribution in [-0.4, -0.2) is 23.0 Å². The summed E-state index contributed by atoms with van der Waals surface area (Å²) in [6, 6.07) is 5.40. The maximum absolute atomic E-state index is 11.6. The molecule has 0 radical (unpaired) electrons. The van der Waals surface area contributed by atoms with Gasteiger partial charge in [-0.2, -0.15) is 0 Å². The highest BCUT2D eigenvalue weighted by Gasteiger charge is 2.33. The van der Waals surface area contributed by atoms with E-state index in [1.165, 1.54) is 0 Å². The first-order valence-electron chi connectivity index (χ1n) is 9.73. The lowest BCUT2D eigenvalue weighted by Gasteiger charge is -2.35. The number of nitrogens with zero attached hydrogens (tertiary/aromatic N) is 1. The van der Waals surface area contributed by atoms with Gasteiger partial charge in [0.15, 0.2) is 18.1 Å². The standard InChI is InChI=1S/C20H37NO4Si2/c1-19(2,3)17(24-26(7)8)14-11-15(13-16(12-14)21(22)23)18(20(4,5)6)25-27(9)10/h11-13,17-18,26-27H,1-10H3. The number of rotatable bonds is 7. The number of nitro benzene ring substituents is 1. The van der Waals surface area contributed by atoms with Crippen molar-refractivity contribution in [1.29, 1.82) is 0 Å². The molecule has 0 bridgehead atoms. The Morgan fingerprint density at radius 3 is 1.37 bits per heavy atom. The smallest absolute Gasteiger partial charge is 0.270 e. The molecule has 0 amide bonds. The van der Waals surface area contributed by atoms with E-state index in [0.29, 0.717) is 0 Å². The van der Waals surface area contributed by atoms with Gasteiger partial charge < -0.3 is 8.85 Å². The summed E-state index contributed by atoms with van der Waals surface area (Å²) in [6.07, 6.45) is -0.362. The van der Waals surface area contributed by atoms with E-state index in [1.54, 1.807) is 12.1 Å². The van der Waals surface area contributed by atoms with Crippen LogP contribution in [0.25, 0.3) is 0 Å². The van der Waals surface area contributed by atoms with E-state index in [1.807, 2.05) is 0 Å². The predicted octanol–water partition coefficient (Wildman–Crippen LogP) is 5.77. The van der Waals surface area contributed by atoms with Gasteiger partial charge in [0.2, 0.25) is 0 Å². The summed E-state index contributed by atoms with van der Waals surface area (Å²) in [7, 11) is -2.66. The summed E-state index contributed by atoms with van der Waals surface area (Å²) in [5.74, 6) is 0. The third kappa shape index (κ3) is 7.14. The molecule has 1 aromatic carbocycles. The maximum Gasteiger partial charge on any atom is 0.270 e. The van der Waals surface area contributed by atoms with E-state index in [0.717, 1.165) is 11.1 Å². The van der Waals surface area contributed by atoms with Crippen LogP contribution >= 0.6 is 0 Å². The Hall–Kier alpha value is -1.03. The average Bonchev–Trinajstić information content (AvgIpc) is 2.47. The second-order valence-corrected chi connectivity index (χ2v) is 14.7. The fourth-order valence-corrected chi connectivity index (χ4v) is 5.40. The molecule has 1 rings (SSSR count). The quantitative estimate of drug-likeness (QED) is 0.325.